The van der Waals surface area contributed by atoms with Crippen molar-refractivity contribution in [1.29, 1.82) is 0 Å². The van der Waals surface area contributed by atoms with Gasteiger partial charge < -0.3 is 16.2 Å². The third-order valence-corrected chi connectivity index (χ3v) is 2.60. The van der Waals surface area contributed by atoms with E-state index in [0.29, 0.717) is 12.1 Å². The summed E-state index contributed by atoms with van der Waals surface area (Å²) in [6.07, 6.45) is 2.01. The Morgan fingerprint density at radius 3 is 2.88 bits per heavy atom. The summed E-state index contributed by atoms with van der Waals surface area (Å²) in [7, 11) is 0. The molecule has 1 atom stereocenters. The lowest BCUT2D eigenvalue weighted by molar-refractivity contribution is -0.116. The van der Waals surface area contributed by atoms with Crippen LogP contribution in [0.3, 0.4) is 0 Å². The van der Waals surface area contributed by atoms with Crippen LogP contribution in [0.2, 0.25) is 5.02 Å². The first-order valence-electron chi connectivity index (χ1n) is 5.53. The van der Waals surface area contributed by atoms with Crippen LogP contribution in [-0.2, 0) is 4.79 Å². The van der Waals surface area contributed by atoms with E-state index in [1.807, 2.05) is 6.92 Å². The van der Waals surface area contributed by atoms with E-state index in [-0.39, 0.29) is 22.7 Å². The number of nitrogens with one attached hydrogen (secondary N) is 1. The number of nitrogens with two attached hydrogens (primary N) is 1. The zero-order chi connectivity index (χ0) is 12.8. The lowest BCUT2D eigenvalue weighted by Crippen LogP contribution is -2.16. The molecule has 1 rings (SSSR count). The van der Waals surface area contributed by atoms with Crippen LogP contribution in [0, 0.1) is 0 Å². The van der Waals surface area contributed by atoms with Crippen molar-refractivity contribution in [3.63, 3.8) is 0 Å². The van der Waals surface area contributed by atoms with Crippen molar-refractivity contribution < 1.29 is 9.90 Å². The van der Waals surface area contributed by atoms with E-state index in [4.69, 9.17) is 17.3 Å². The van der Waals surface area contributed by atoms with Crippen LogP contribution in [0.4, 0.5) is 5.69 Å². The third-order valence-electron chi connectivity index (χ3n) is 2.29. The minimum Gasteiger partial charge on any atom is -0.506 e. The van der Waals surface area contributed by atoms with E-state index in [0.717, 1.165) is 12.8 Å². The molecule has 0 saturated heterocycles. The van der Waals surface area contributed by atoms with Crippen molar-refractivity contribution in [2.24, 2.45) is 5.73 Å². The molecule has 5 heteroatoms. The topological polar surface area (TPSA) is 75.4 Å². The van der Waals surface area contributed by atoms with Gasteiger partial charge in [-0.05, 0) is 38.0 Å². The highest BCUT2D eigenvalue weighted by Gasteiger charge is 2.05. The van der Waals surface area contributed by atoms with Crippen LogP contribution in [0.25, 0.3) is 0 Å². The van der Waals surface area contributed by atoms with Crippen LogP contribution < -0.4 is 11.1 Å². The maximum atomic E-state index is 11.5. The third kappa shape index (κ3) is 5.06. The molecule has 0 heterocycles. The maximum absolute atomic E-state index is 11.5. The Labute approximate surface area is 106 Å². The Morgan fingerprint density at radius 2 is 2.29 bits per heavy atom. The summed E-state index contributed by atoms with van der Waals surface area (Å²) < 4.78 is 0. The number of benzene rings is 1. The highest BCUT2D eigenvalue weighted by atomic mass is 35.5. The summed E-state index contributed by atoms with van der Waals surface area (Å²) in [4.78, 5) is 11.5. The van der Waals surface area contributed by atoms with Crippen LogP contribution in [0.1, 0.15) is 26.2 Å². The predicted octanol–water partition coefficient (Wildman–Crippen LogP) is 2.50. The molecule has 0 aliphatic heterocycles. The highest BCUT2D eigenvalue weighted by Crippen LogP contribution is 2.26. The molecular weight excluding hydrogens is 240 g/mol. The van der Waals surface area contributed by atoms with Crippen molar-refractivity contribution in [2.75, 3.05) is 5.32 Å². The number of phenolic OH excluding ortho intramolecular Hbond substituents is 1. The molecule has 0 aromatic heterocycles. The molecule has 17 heavy (non-hydrogen) atoms. The summed E-state index contributed by atoms with van der Waals surface area (Å²) >= 11 is 5.73. The van der Waals surface area contributed by atoms with Crippen LogP contribution >= 0.6 is 11.6 Å². The van der Waals surface area contributed by atoms with Gasteiger partial charge in [-0.2, -0.15) is 0 Å². The minimum atomic E-state index is -0.0765. The number of rotatable bonds is 5. The fraction of sp³-hybridized carbons (Fsp3) is 0.417. The molecule has 0 spiro atoms. The largest absolute Gasteiger partial charge is 0.506 e. The van der Waals surface area contributed by atoms with Crippen LogP contribution in [-0.4, -0.2) is 17.1 Å². The second-order valence-electron chi connectivity index (χ2n) is 4.08. The van der Waals surface area contributed by atoms with Gasteiger partial charge >= 0.3 is 0 Å². The van der Waals surface area contributed by atoms with Gasteiger partial charge in [-0.3, -0.25) is 4.79 Å². The van der Waals surface area contributed by atoms with E-state index < -0.39 is 0 Å². The molecule has 0 fully saturated rings. The molecule has 0 saturated carbocycles. The molecule has 1 aromatic carbocycles. The second-order valence-corrected chi connectivity index (χ2v) is 4.49. The Hall–Kier alpha value is -1.26. The van der Waals surface area contributed by atoms with E-state index in [1.165, 1.54) is 12.1 Å². The fourth-order valence-corrected chi connectivity index (χ4v) is 1.57. The van der Waals surface area contributed by atoms with Crippen molar-refractivity contribution in [1.82, 2.24) is 0 Å². The lowest BCUT2D eigenvalue weighted by Gasteiger charge is -2.07. The van der Waals surface area contributed by atoms with E-state index >= 15 is 0 Å². The maximum Gasteiger partial charge on any atom is 0.224 e. The zero-order valence-electron chi connectivity index (χ0n) is 9.74. The van der Waals surface area contributed by atoms with Crippen molar-refractivity contribution >= 4 is 23.2 Å². The number of hydrogen-bond donors (Lipinski definition) is 3. The van der Waals surface area contributed by atoms with Crippen molar-refractivity contribution in [3.8, 4) is 5.75 Å². The number of halogens is 1. The predicted molar refractivity (Wildman–Crippen MR) is 69.2 cm³/mol. The smallest absolute Gasteiger partial charge is 0.224 e. The molecule has 94 valence electrons. The molecule has 0 bridgehead atoms. The normalized spacial score (nSPS) is 12.2. The first-order chi connectivity index (χ1) is 7.99. The number of carbonyl (C=O) groups is 1. The number of phenols is 1. The summed E-state index contributed by atoms with van der Waals surface area (Å²) in [6.45, 7) is 1.91. The van der Waals surface area contributed by atoms with E-state index in [9.17, 15) is 9.90 Å². The Kier molecular flexibility index (Phi) is 5.25. The summed E-state index contributed by atoms with van der Waals surface area (Å²) in [5.41, 5.74) is 6.17. The SMILES string of the molecule is CC(N)CCCC(=O)Nc1ccc(O)c(Cl)c1. The Morgan fingerprint density at radius 1 is 1.59 bits per heavy atom. The zero-order valence-corrected chi connectivity index (χ0v) is 10.5. The van der Waals surface area contributed by atoms with E-state index in [2.05, 4.69) is 5.32 Å². The minimum absolute atomic E-state index is 0.00150. The average molecular weight is 257 g/mol. The molecule has 4 N–H and O–H groups in total. The standard InChI is InChI=1S/C12H17ClN2O2/c1-8(14)3-2-4-12(17)15-9-5-6-11(16)10(13)7-9/h5-8,16H,2-4,14H2,1H3,(H,15,17). The lowest BCUT2D eigenvalue weighted by atomic mass is 10.1. The number of aromatic hydroxyl groups is 1. The van der Waals surface area contributed by atoms with Gasteiger partial charge in [0.05, 0.1) is 5.02 Å². The molecule has 0 aliphatic carbocycles. The molecular formula is C12H17ClN2O2. The number of hydrogen-bond acceptors (Lipinski definition) is 3. The van der Waals surface area contributed by atoms with Crippen molar-refractivity contribution in [2.45, 2.75) is 32.2 Å². The number of anilines is 1. The van der Waals surface area contributed by atoms with Gasteiger partial charge in [-0.15, -0.1) is 0 Å². The first kappa shape index (κ1) is 13.8. The van der Waals surface area contributed by atoms with Crippen LogP contribution in [0.15, 0.2) is 18.2 Å². The monoisotopic (exact) mass is 256 g/mol. The molecule has 1 aromatic rings. The molecule has 4 nitrogen and oxygen atoms in total. The molecule has 1 amide bonds. The van der Waals surface area contributed by atoms with Gasteiger partial charge in [0.15, 0.2) is 0 Å². The Bertz CT molecular complexity index is 394. The number of amides is 1. The van der Waals surface area contributed by atoms with Gasteiger partial charge in [0, 0.05) is 18.2 Å². The molecule has 1 unspecified atom stereocenters. The summed E-state index contributed by atoms with van der Waals surface area (Å²) in [5, 5.41) is 12.2. The summed E-state index contributed by atoms with van der Waals surface area (Å²) in [6, 6.07) is 4.68. The van der Waals surface area contributed by atoms with Crippen LogP contribution in [0.5, 0.6) is 5.75 Å². The second kappa shape index (κ2) is 6.47. The van der Waals surface area contributed by atoms with Gasteiger partial charge in [-0.1, -0.05) is 11.6 Å². The average Bonchev–Trinajstić information content (AvgIpc) is 2.23. The number of carbonyl (C=O) groups excluding carboxylic acids is 1. The van der Waals surface area contributed by atoms with Gasteiger partial charge in [-0.25, -0.2) is 0 Å². The van der Waals surface area contributed by atoms with Gasteiger partial charge in [0.1, 0.15) is 5.75 Å². The van der Waals surface area contributed by atoms with Gasteiger partial charge in [0.25, 0.3) is 0 Å². The fourth-order valence-electron chi connectivity index (χ4n) is 1.39. The van der Waals surface area contributed by atoms with E-state index in [1.54, 1.807) is 6.07 Å². The molecule has 0 radical (unpaired) electrons. The quantitative estimate of drug-likeness (QED) is 0.709. The molecule has 0 aliphatic rings. The van der Waals surface area contributed by atoms with Crippen molar-refractivity contribution in [3.05, 3.63) is 23.2 Å². The summed E-state index contributed by atoms with van der Waals surface area (Å²) in [5.74, 6) is -0.0750. The van der Waals surface area contributed by atoms with Gasteiger partial charge in [0.2, 0.25) is 5.91 Å². The highest BCUT2D eigenvalue weighted by molar-refractivity contribution is 6.32. The Balaban J connectivity index is 2.42. The first-order valence-corrected chi connectivity index (χ1v) is 5.91.